The first-order valence-electron chi connectivity index (χ1n) is 6.08. The molecule has 2 aromatic rings. The standard InChI is InChI=1S/C14H14ClN3O2/c1-9-7-17-13(10(2)14(9)18(19)20)8-16-12-5-3-4-11(15)6-12/h3-7,16H,8H2,1-2H3. The summed E-state index contributed by atoms with van der Waals surface area (Å²) in [6, 6.07) is 7.29. The van der Waals surface area contributed by atoms with Crippen LogP contribution in [0.5, 0.6) is 0 Å². The minimum Gasteiger partial charge on any atom is -0.379 e. The van der Waals surface area contributed by atoms with Gasteiger partial charge in [-0.2, -0.15) is 0 Å². The van der Waals surface area contributed by atoms with Crippen LogP contribution in [-0.4, -0.2) is 9.91 Å². The quantitative estimate of drug-likeness (QED) is 0.686. The first-order valence-corrected chi connectivity index (χ1v) is 6.45. The molecule has 0 fully saturated rings. The van der Waals surface area contributed by atoms with Gasteiger partial charge in [-0.15, -0.1) is 0 Å². The predicted molar refractivity (Wildman–Crippen MR) is 79.1 cm³/mol. The topological polar surface area (TPSA) is 68.1 Å². The summed E-state index contributed by atoms with van der Waals surface area (Å²) in [7, 11) is 0. The molecule has 0 aliphatic carbocycles. The first kappa shape index (κ1) is 14.3. The van der Waals surface area contributed by atoms with Crippen LogP contribution in [0, 0.1) is 24.0 Å². The van der Waals surface area contributed by atoms with Gasteiger partial charge in [0.25, 0.3) is 5.69 Å². The van der Waals surface area contributed by atoms with Crippen molar-refractivity contribution >= 4 is 23.0 Å². The van der Waals surface area contributed by atoms with Crippen LogP contribution in [0.1, 0.15) is 16.8 Å². The maximum Gasteiger partial charge on any atom is 0.278 e. The van der Waals surface area contributed by atoms with E-state index in [1.165, 1.54) is 6.20 Å². The molecule has 0 saturated heterocycles. The number of anilines is 1. The van der Waals surface area contributed by atoms with Crippen molar-refractivity contribution in [2.45, 2.75) is 20.4 Å². The molecule has 20 heavy (non-hydrogen) atoms. The normalized spacial score (nSPS) is 10.3. The van der Waals surface area contributed by atoms with Crippen LogP contribution in [0.3, 0.4) is 0 Å². The molecular weight excluding hydrogens is 278 g/mol. The molecule has 0 spiro atoms. The third kappa shape index (κ3) is 3.05. The molecule has 0 saturated carbocycles. The second kappa shape index (κ2) is 5.88. The third-order valence-corrected chi connectivity index (χ3v) is 3.28. The Balaban J connectivity index is 2.22. The molecule has 0 unspecified atom stereocenters. The van der Waals surface area contributed by atoms with Gasteiger partial charge in [0.1, 0.15) is 0 Å². The summed E-state index contributed by atoms with van der Waals surface area (Å²) in [5.74, 6) is 0. The van der Waals surface area contributed by atoms with E-state index in [4.69, 9.17) is 11.6 Å². The molecular formula is C14H14ClN3O2. The van der Waals surface area contributed by atoms with Crippen molar-refractivity contribution in [3.05, 3.63) is 62.4 Å². The minimum atomic E-state index is -0.366. The van der Waals surface area contributed by atoms with Crippen LogP contribution < -0.4 is 5.32 Å². The van der Waals surface area contributed by atoms with Crippen LogP contribution in [0.2, 0.25) is 5.02 Å². The molecule has 0 aliphatic rings. The van der Waals surface area contributed by atoms with Crippen LogP contribution in [0.4, 0.5) is 11.4 Å². The monoisotopic (exact) mass is 291 g/mol. The van der Waals surface area contributed by atoms with E-state index in [0.717, 1.165) is 5.69 Å². The zero-order valence-corrected chi connectivity index (χ0v) is 11.9. The van der Waals surface area contributed by atoms with Gasteiger partial charge < -0.3 is 5.32 Å². The number of hydrogen-bond acceptors (Lipinski definition) is 4. The zero-order chi connectivity index (χ0) is 14.7. The van der Waals surface area contributed by atoms with Crippen molar-refractivity contribution < 1.29 is 4.92 Å². The summed E-state index contributed by atoms with van der Waals surface area (Å²) >= 11 is 5.90. The van der Waals surface area contributed by atoms with Crippen molar-refractivity contribution in [2.24, 2.45) is 0 Å². The third-order valence-electron chi connectivity index (χ3n) is 3.04. The van der Waals surface area contributed by atoms with Gasteiger partial charge in [-0.25, -0.2) is 0 Å². The number of nitro groups is 1. The summed E-state index contributed by atoms with van der Waals surface area (Å²) in [6.07, 6.45) is 1.53. The Bertz CT molecular complexity index is 659. The summed E-state index contributed by atoms with van der Waals surface area (Å²) in [5.41, 5.74) is 2.79. The van der Waals surface area contributed by atoms with Crippen molar-refractivity contribution in [1.29, 1.82) is 0 Å². The minimum absolute atomic E-state index is 0.128. The van der Waals surface area contributed by atoms with Crippen LogP contribution in [-0.2, 0) is 6.54 Å². The van der Waals surface area contributed by atoms with E-state index < -0.39 is 0 Å². The van der Waals surface area contributed by atoms with Crippen LogP contribution >= 0.6 is 11.6 Å². The molecule has 6 heteroatoms. The Labute approximate surface area is 121 Å². The molecule has 1 heterocycles. The van der Waals surface area contributed by atoms with E-state index in [0.29, 0.717) is 28.4 Å². The van der Waals surface area contributed by atoms with Gasteiger partial charge in [0.05, 0.1) is 22.7 Å². The average Bonchev–Trinajstić information content (AvgIpc) is 2.37. The Kier molecular flexibility index (Phi) is 4.20. The van der Waals surface area contributed by atoms with Crippen molar-refractivity contribution in [1.82, 2.24) is 4.98 Å². The first-order chi connectivity index (χ1) is 9.49. The fraction of sp³-hybridized carbons (Fsp3) is 0.214. The fourth-order valence-corrected chi connectivity index (χ4v) is 2.20. The molecule has 1 aromatic carbocycles. The van der Waals surface area contributed by atoms with Crippen LogP contribution in [0.15, 0.2) is 30.5 Å². The highest BCUT2D eigenvalue weighted by Gasteiger charge is 2.18. The van der Waals surface area contributed by atoms with Gasteiger partial charge in [-0.3, -0.25) is 15.1 Å². The van der Waals surface area contributed by atoms with E-state index in [1.807, 2.05) is 12.1 Å². The van der Waals surface area contributed by atoms with Gasteiger partial charge in [-0.05, 0) is 32.0 Å². The van der Waals surface area contributed by atoms with Gasteiger partial charge in [-0.1, -0.05) is 17.7 Å². The lowest BCUT2D eigenvalue weighted by Gasteiger charge is -2.10. The maximum atomic E-state index is 11.1. The Hall–Kier alpha value is -2.14. The molecule has 1 N–H and O–H groups in total. The van der Waals surface area contributed by atoms with Crippen molar-refractivity contribution in [2.75, 3.05) is 5.32 Å². The molecule has 0 amide bonds. The van der Waals surface area contributed by atoms with Crippen molar-refractivity contribution in [3.63, 3.8) is 0 Å². The summed E-state index contributed by atoms with van der Waals surface area (Å²) in [6.45, 7) is 3.81. The second-order valence-electron chi connectivity index (χ2n) is 4.48. The SMILES string of the molecule is Cc1cnc(CNc2cccc(Cl)c2)c(C)c1[N+](=O)[O-]. The summed E-state index contributed by atoms with van der Waals surface area (Å²) in [4.78, 5) is 14.9. The number of aromatic nitrogens is 1. The highest BCUT2D eigenvalue weighted by atomic mass is 35.5. The number of benzene rings is 1. The Morgan fingerprint density at radius 2 is 2.15 bits per heavy atom. The van der Waals surface area contributed by atoms with E-state index >= 15 is 0 Å². The van der Waals surface area contributed by atoms with E-state index in [1.54, 1.807) is 26.0 Å². The fourth-order valence-electron chi connectivity index (χ4n) is 2.01. The number of aryl methyl sites for hydroxylation is 1. The molecule has 2 rings (SSSR count). The highest BCUT2D eigenvalue weighted by molar-refractivity contribution is 6.30. The molecule has 0 atom stereocenters. The summed E-state index contributed by atoms with van der Waals surface area (Å²) in [5, 5.41) is 14.8. The Morgan fingerprint density at radius 3 is 2.80 bits per heavy atom. The number of nitrogens with zero attached hydrogens (tertiary/aromatic N) is 2. The number of rotatable bonds is 4. The lowest BCUT2D eigenvalue weighted by molar-refractivity contribution is -0.386. The largest absolute Gasteiger partial charge is 0.379 e. The number of halogens is 1. The lowest BCUT2D eigenvalue weighted by Crippen LogP contribution is -2.07. The molecule has 104 valence electrons. The zero-order valence-electron chi connectivity index (χ0n) is 11.2. The van der Waals surface area contributed by atoms with Gasteiger partial charge in [0.2, 0.25) is 0 Å². The highest BCUT2D eigenvalue weighted by Crippen LogP contribution is 2.24. The van der Waals surface area contributed by atoms with Gasteiger partial charge in [0.15, 0.2) is 0 Å². The molecule has 5 nitrogen and oxygen atoms in total. The van der Waals surface area contributed by atoms with Gasteiger partial charge in [0, 0.05) is 22.5 Å². The lowest BCUT2D eigenvalue weighted by atomic mass is 10.1. The van der Waals surface area contributed by atoms with E-state index in [-0.39, 0.29) is 10.6 Å². The smallest absolute Gasteiger partial charge is 0.278 e. The molecule has 0 radical (unpaired) electrons. The predicted octanol–water partition coefficient (Wildman–Crippen LogP) is 3.87. The number of pyridine rings is 1. The number of nitrogens with one attached hydrogen (secondary N) is 1. The van der Waals surface area contributed by atoms with E-state index in [2.05, 4.69) is 10.3 Å². The molecule has 0 bridgehead atoms. The molecule has 0 aliphatic heterocycles. The second-order valence-corrected chi connectivity index (χ2v) is 4.92. The maximum absolute atomic E-state index is 11.1. The van der Waals surface area contributed by atoms with Crippen molar-refractivity contribution in [3.8, 4) is 0 Å². The van der Waals surface area contributed by atoms with E-state index in [9.17, 15) is 10.1 Å². The molecule has 1 aromatic heterocycles. The summed E-state index contributed by atoms with van der Waals surface area (Å²) < 4.78 is 0. The Morgan fingerprint density at radius 1 is 1.40 bits per heavy atom. The van der Waals surface area contributed by atoms with Gasteiger partial charge >= 0.3 is 0 Å². The number of hydrogen-bond donors (Lipinski definition) is 1. The van der Waals surface area contributed by atoms with Crippen LogP contribution in [0.25, 0.3) is 0 Å². The average molecular weight is 292 g/mol.